The number of rotatable bonds is 5. The van der Waals surface area contributed by atoms with Crippen LogP contribution in [0.5, 0.6) is 0 Å². The predicted octanol–water partition coefficient (Wildman–Crippen LogP) is 2.91. The zero-order valence-electron chi connectivity index (χ0n) is 14.0. The van der Waals surface area contributed by atoms with E-state index in [9.17, 15) is 9.59 Å². The van der Waals surface area contributed by atoms with Crippen LogP contribution >= 0.6 is 0 Å². The summed E-state index contributed by atoms with van der Waals surface area (Å²) in [7, 11) is 1.31. The van der Waals surface area contributed by atoms with Gasteiger partial charge in [-0.05, 0) is 30.7 Å². The van der Waals surface area contributed by atoms with Gasteiger partial charge in [-0.3, -0.25) is 4.79 Å². The van der Waals surface area contributed by atoms with Gasteiger partial charge in [0.25, 0.3) is 5.56 Å². The molecule has 0 unspecified atom stereocenters. The largest absolute Gasteiger partial charge is 0.465 e. The maximum Gasteiger partial charge on any atom is 0.337 e. The molecule has 0 saturated carbocycles. The highest BCUT2D eigenvalue weighted by molar-refractivity contribution is 5.94. The molecule has 3 aromatic rings. The first-order chi connectivity index (χ1) is 12.1. The van der Waals surface area contributed by atoms with Crippen LogP contribution in [0.1, 0.15) is 22.8 Å². The molecule has 0 bridgehead atoms. The standard InChI is InChI=1S/C19H18N2O4/c1-3-25-11-12-4-6-13(7-5-12)17-20-16-10-14(19(23)24-2)8-9-15(16)18(22)21-17/h4-10H,3,11H2,1-2H3,(H,20,21,22). The molecule has 0 fully saturated rings. The SMILES string of the molecule is CCOCc1ccc(-c2nc3cc(C(=O)OC)ccc3c(=O)[nH]2)cc1. The first-order valence-electron chi connectivity index (χ1n) is 7.92. The van der Waals surface area contributed by atoms with E-state index in [0.717, 1.165) is 11.1 Å². The summed E-state index contributed by atoms with van der Waals surface area (Å²) >= 11 is 0. The molecule has 3 rings (SSSR count). The zero-order chi connectivity index (χ0) is 17.8. The van der Waals surface area contributed by atoms with Crippen LogP contribution in [0.4, 0.5) is 0 Å². The minimum atomic E-state index is -0.467. The number of nitrogens with zero attached hydrogens (tertiary/aromatic N) is 1. The average Bonchev–Trinajstić information content (AvgIpc) is 2.65. The molecular formula is C19H18N2O4. The quantitative estimate of drug-likeness (QED) is 0.724. The minimum Gasteiger partial charge on any atom is -0.465 e. The van der Waals surface area contributed by atoms with E-state index in [1.54, 1.807) is 18.2 Å². The number of hydrogen-bond donors (Lipinski definition) is 1. The molecule has 1 heterocycles. The Labute approximate surface area is 144 Å². The molecule has 6 heteroatoms. The van der Waals surface area contributed by atoms with Gasteiger partial charge in [-0.25, -0.2) is 9.78 Å². The average molecular weight is 338 g/mol. The summed E-state index contributed by atoms with van der Waals surface area (Å²) in [4.78, 5) is 31.2. The molecule has 1 aromatic heterocycles. The lowest BCUT2D eigenvalue weighted by Gasteiger charge is -2.06. The van der Waals surface area contributed by atoms with E-state index >= 15 is 0 Å². The number of fused-ring (bicyclic) bond motifs is 1. The van der Waals surface area contributed by atoms with Crippen molar-refractivity contribution in [2.75, 3.05) is 13.7 Å². The summed E-state index contributed by atoms with van der Waals surface area (Å²) in [6.07, 6.45) is 0. The normalized spacial score (nSPS) is 10.8. The number of nitrogens with one attached hydrogen (secondary N) is 1. The van der Waals surface area contributed by atoms with Crippen molar-refractivity contribution in [2.45, 2.75) is 13.5 Å². The molecule has 0 aliphatic rings. The Morgan fingerprint density at radius 2 is 1.92 bits per heavy atom. The molecule has 0 amide bonds. The van der Waals surface area contributed by atoms with Gasteiger partial charge in [-0.15, -0.1) is 0 Å². The predicted molar refractivity (Wildman–Crippen MR) is 94.5 cm³/mol. The van der Waals surface area contributed by atoms with Crippen LogP contribution in [0, 0.1) is 0 Å². The number of carbonyl (C=O) groups excluding carboxylic acids is 1. The summed E-state index contributed by atoms with van der Waals surface area (Å²) in [6, 6.07) is 12.3. The molecular weight excluding hydrogens is 320 g/mol. The molecule has 128 valence electrons. The van der Waals surface area contributed by atoms with E-state index in [2.05, 4.69) is 9.97 Å². The second kappa shape index (κ2) is 7.27. The Balaban J connectivity index is 2.01. The number of carbonyl (C=O) groups is 1. The second-order valence-electron chi connectivity index (χ2n) is 5.47. The maximum absolute atomic E-state index is 12.3. The van der Waals surface area contributed by atoms with E-state index in [1.807, 2.05) is 31.2 Å². The molecule has 0 spiro atoms. The fraction of sp³-hybridized carbons (Fsp3) is 0.211. The summed E-state index contributed by atoms with van der Waals surface area (Å²) in [6.45, 7) is 3.14. The van der Waals surface area contributed by atoms with Crippen LogP contribution in [-0.2, 0) is 16.1 Å². The monoisotopic (exact) mass is 338 g/mol. The summed E-state index contributed by atoms with van der Waals surface area (Å²) < 4.78 is 10.1. The molecule has 0 aliphatic carbocycles. The lowest BCUT2D eigenvalue weighted by Crippen LogP contribution is -2.10. The van der Waals surface area contributed by atoms with Gasteiger partial charge >= 0.3 is 5.97 Å². The third-order valence-electron chi connectivity index (χ3n) is 3.83. The fourth-order valence-corrected chi connectivity index (χ4v) is 2.50. The number of aromatic nitrogens is 2. The van der Waals surface area contributed by atoms with Gasteiger partial charge < -0.3 is 14.5 Å². The van der Waals surface area contributed by atoms with E-state index in [1.165, 1.54) is 7.11 Å². The summed E-state index contributed by atoms with van der Waals surface area (Å²) in [5.74, 6) is -0.0201. The van der Waals surface area contributed by atoms with Crippen molar-refractivity contribution < 1.29 is 14.3 Å². The van der Waals surface area contributed by atoms with Crippen LogP contribution in [0.3, 0.4) is 0 Å². The molecule has 0 radical (unpaired) electrons. The lowest BCUT2D eigenvalue weighted by molar-refractivity contribution is 0.0601. The Morgan fingerprint density at radius 3 is 2.60 bits per heavy atom. The molecule has 0 saturated heterocycles. The van der Waals surface area contributed by atoms with Gasteiger partial charge in [-0.2, -0.15) is 0 Å². The van der Waals surface area contributed by atoms with E-state index in [-0.39, 0.29) is 5.56 Å². The van der Waals surface area contributed by atoms with Crippen molar-refractivity contribution in [1.82, 2.24) is 9.97 Å². The number of aromatic amines is 1. The topological polar surface area (TPSA) is 81.3 Å². The van der Waals surface area contributed by atoms with Gasteiger partial charge in [0, 0.05) is 12.2 Å². The molecule has 0 aliphatic heterocycles. The van der Waals surface area contributed by atoms with Crippen molar-refractivity contribution in [3.63, 3.8) is 0 Å². The highest BCUT2D eigenvalue weighted by Gasteiger charge is 2.10. The third kappa shape index (κ3) is 3.59. The van der Waals surface area contributed by atoms with Crippen LogP contribution in [0.15, 0.2) is 47.3 Å². The van der Waals surface area contributed by atoms with E-state index in [4.69, 9.17) is 9.47 Å². The van der Waals surface area contributed by atoms with Crippen molar-refractivity contribution in [3.8, 4) is 11.4 Å². The van der Waals surface area contributed by atoms with E-state index < -0.39 is 5.97 Å². The van der Waals surface area contributed by atoms with Gasteiger partial charge in [0.05, 0.1) is 30.2 Å². The van der Waals surface area contributed by atoms with Gasteiger partial charge in [-0.1, -0.05) is 24.3 Å². The highest BCUT2D eigenvalue weighted by Crippen LogP contribution is 2.18. The number of esters is 1. The zero-order valence-corrected chi connectivity index (χ0v) is 14.0. The lowest BCUT2D eigenvalue weighted by atomic mass is 10.1. The third-order valence-corrected chi connectivity index (χ3v) is 3.83. The van der Waals surface area contributed by atoms with Gasteiger partial charge in [0.15, 0.2) is 0 Å². The number of ether oxygens (including phenoxy) is 2. The number of H-pyrrole nitrogens is 1. The Kier molecular flexibility index (Phi) is 4.90. The van der Waals surface area contributed by atoms with Crippen LogP contribution in [-0.4, -0.2) is 29.7 Å². The van der Waals surface area contributed by atoms with Gasteiger partial charge in [0.1, 0.15) is 5.82 Å². The minimum absolute atomic E-state index is 0.255. The Bertz CT molecular complexity index is 961. The first kappa shape index (κ1) is 16.9. The molecule has 0 atom stereocenters. The number of methoxy groups -OCH3 is 1. The highest BCUT2D eigenvalue weighted by atomic mass is 16.5. The Hall–Kier alpha value is -2.99. The van der Waals surface area contributed by atoms with Crippen LogP contribution < -0.4 is 5.56 Å². The molecule has 25 heavy (non-hydrogen) atoms. The fourth-order valence-electron chi connectivity index (χ4n) is 2.50. The van der Waals surface area contributed by atoms with Crippen molar-refractivity contribution >= 4 is 16.9 Å². The molecule has 1 N–H and O–H groups in total. The second-order valence-corrected chi connectivity index (χ2v) is 5.47. The van der Waals surface area contributed by atoms with Crippen LogP contribution in [0.2, 0.25) is 0 Å². The summed E-state index contributed by atoms with van der Waals surface area (Å²) in [5.41, 5.74) is 2.37. The van der Waals surface area contributed by atoms with Gasteiger partial charge in [0.2, 0.25) is 0 Å². The molecule has 2 aromatic carbocycles. The Morgan fingerprint density at radius 1 is 1.16 bits per heavy atom. The number of hydrogen-bond acceptors (Lipinski definition) is 5. The summed E-state index contributed by atoms with van der Waals surface area (Å²) in [5, 5.41) is 0.421. The van der Waals surface area contributed by atoms with Crippen molar-refractivity contribution in [1.29, 1.82) is 0 Å². The molecule has 6 nitrogen and oxygen atoms in total. The van der Waals surface area contributed by atoms with Crippen molar-refractivity contribution in [2.24, 2.45) is 0 Å². The van der Waals surface area contributed by atoms with Crippen LogP contribution in [0.25, 0.3) is 22.3 Å². The maximum atomic E-state index is 12.3. The first-order valence-corrected chi connectivity index (χ1v) is 7.92. The number of benzene rings is 2. The van der Waals surface area contributed by atoms with Crippen molar-refractivity contribution in [3.05, 3.63) is 63.9 Å². The smallest absolute Gasteiger partial charge is 0.337 e. The van der Waals surface area contributed by atoms with E-state index in [0.29, 0.717) is 35.5 Å².